The highest BCUT2D eigenvalue weighted by atomic mass is 32.2. The van der Waals surface area contributed by atoms with E-state index in [4.69, 9.17) is 16.6 Å². The van der Waals surface area contributed by atoms with Crippen LogP contribution in [-0.4, -0.2) is 59.5 Å². The Kier molecular flexibility index (Phi) is 5.63. The monoisotopic (exact) mass is 485 g/mol. The van der Waals surface area contributed by atoms with E-state index in [0.29, 0.717) is 23.5 Å². The predicted molar refractivity (Wildman–Crippen MR) is 115 cm³/mol. The van der Waals surface area contributed by atoms with E-state index in [1.165, 1.54) is 12.3 Å². The van der Waals surface area contributed by atoms with E-state index in [0.717, 1.165) is 17.4 Å². The maximum Gasteiger partial charge on any atom is 0.242 e. The number of sulfonamides is 2. The molecule has 13 nitrogen and oxygen atoms in total. The van der Waals surface area contributed by atoms with Gasteiger partial charge in [0.1, 0.15) is 9.79 Å². The Morgan fingerprint density at radius 3 is 2.52 bits per heavy atom. The molecule has 4 rings (SSSR count). The van der Waals surface area contributed by atoms with Crippen LogP contribution >= 0.6 is 11.3 Å². The summed E-state index contributed by atoms with van der Waals surface area (Å²) < 4.78 is 54.1. The molecule has 31 heavy (non-hydrogen) atoms. The van der Waals surface area contributed by atoms with Crippen molar-refractivity contribution in [2.45, 2.75) is 21.9 Å². The molecule has 8 N–H and O–H groups in total. The molecule has 2 aliphatic rings. The van der Waals surface area contributed by atoms with Gasteiger partial charge in [0.25, 0.3) is 0 Å². The van der Waals surface area contributed by atoms with Crippen LogP contribution in [0, 0.1) is 0 Å². The van der Waals surface area contributed by atoms with Crippen molar-refractivity contribution in [2.24, 2.45) is 26.1 Å². The highest BCUT2D eigenvalue weighted by Gasteiger charge is 2.35. The van der Waals surface area contributed by atoms with Gasteiger partial charge in [-0.05, 0) is 6.07 Å². The molecule has 0 aliphatic carbocycles. The van der Waals surface area contributed by atoms with E-state index >= 15 is 0 Å². The number of aliphatic imine (C=N–C) groups is 1. The molecule has 1 fully saturated rings. The number of nitrogen functional groups attached to an aromatic ring is 1. The molecule has 166 valence electrons. The average Bonchev–Trinajstić information content (AvgIpc) is 3.43. The van der Waals surface area contributed by atoms with Gasteiger partial charge in [0.2, 0.25) is 20.0 Å². The fourth-order valence-corrected chi connectivity index (χ4v) is 6.95. The molecule has 2 aliphatic heterocycles. The zero-order valence-electron chi connectivity index (χ0n) is 15.9. The fraction of sp³-hybridized carbons (Fsp3) is 0.333. The SMILES string of the molecule is Nc1ncc(-c2ccc(S(=O)(=O)N[C@H]3CNC[C@H]3N)c(S(N)(=O)=O)c2C2=NCN=N2)s1. The van der Waals surface area contributed by atoms with Crippen LogP contribution in [0.4, 0.5) is 5.13 Å². The summed E-state index contributed by atoms with van der Waals surface area (Å²) in [6.45, 7) is 0.696. The van der Waals surface area contributed by atoms with Gasteiger partial charge in [-0.15, -0.1) is 5.11 Å². The first-order valence-corrected chi connectivity index (χ1v) is 12.7. The third-order valence-electron chi connectivity index (χ3n) is 4.73. The molecule has 1 aromatic heterocycles. The second-order valence-electron chi connectivity index (χ2n) is 6.84. The summed E-state index contributed by atoms with van der Waals surface area (Å²) in [4.78, 5) is 7.37. The number of amidine groups is 1. The van der Waals surface area contributed by atoms with Gasteiger partial charge >= 0.3 is 0 Å². The van der Waals surface area contributed by atoms with Crippen LogP contribution in [0.3, 0.4) is 0 Å². The Hall–Kier alpha value is -2.34. The van der Waals surface area contributed by atoms with Gasteiger partial charge in [0, 0.05) is 30.9 Å². The molecular weight excluding hydrogens is 466 g/mol. The van der Waals surface area contributed by atoms with Gasteiger partial charge in [-0.1, -0.05) is 17.4 Å². The van der Waals surface area contributed by atoms with Crippen LogP contribution in [0.15, 0.2) is 43.3 Å². The van der Waals surface area contributed by atoms with Crippen molar-refractivity contribution in [3.05, 3.63) is 23.9 Å². The van der Waals surface area contributed by atoms with Crippen molar-refractivity contribution in [1.82, 2.24) is 15.0 Å². The number of hydrogen-bond acceptors (Lipinski definition) is 12. The second-order valence-corrected chi connectivity index (χ2v) is 11.1. The quantitative estimate of drug-likeness (QED) is 0.333. The average molecular weight is 486 g/mol. The first-order valence-electron chi connectivity index (χ1n) is 8.90. The molecule has 0 saturated carbocycles. The Bertz CT molecular complexity index is 1300. The van der Waals surface area contributed by atoms with Gasteiger partial charge in [0.15, 0.2) is 17.6 Å². The minimum Gasteiger partial charge on any atom is -0.375 e. The maximum absolute atomic E-state index is 13.2. The summed E-state index contributed by atoms with van der Waals surface area (Å²) in [7, 11) is -8.88. The van der Waals surface area contributed by atoms with E-state index in [-0.39, 0.29) is 23.2 Å². The van der Waals surface area contributed by atoms with Gasteiger partial charge in [-0.3, -0.25) is 0 Å². The summed E-state index contributed by atoms with van der Waals surface area (Å²) in [5, 5.41) is 16.3. The topological polar surface area (TPSA) is 220 Å². The van der Waals surface area contributed by atoms with E-state index in [1.807, 2.05) is 0 Å². The van der Waals surface area contributed by atoms with E-state index < -0.39 is 41.9 Å². The largest absolute Gasteiger partial charge is 0.375 e. The predicted octanol–water partition coefficient (Wildman–Crippen LogP) is -1.21. The number of azo groups is 1. The van der Waals surface area contributed by atoms with Gasteiger partial charge < -0.3 is 16.8 Å². The summed E-state index contributed by atoms with van der Waals surface area (Å²) in [5.74, 6) is -0.0534. The lowest BCUT2D eigenvalue weighted by molar-refractivity contribution is 0.536. The van der Waals surface area contributed by atoms with Gasteiger partial charge in [-0.25, -0.2) is 36.7 Å². The number of nitrogens with one attached hydrogen (secondary N) is 2. The van der Waals surface area contributed by atoms with Crippen molar-refractivity contribution in [3.63, 3.8) is 0 Å². The summed E-state index contributed by atoms with van der Waals surface area (Å²) in [6.07, 6.45) is 1.44. The molecule has 2 aromatic rings. The summed E-state index contributed by atoms with van der Waals surface area (Å²) in [6, 6.07) is 1.51. The highest BCUT2D eigenvalue weighted by Crippen LogP contribution is 2.37. The van der Waals surface area contributed by atoms with Crippen LogP contribution in [0.25, 0.3) is 10.4 Å². The maximum atomic E-state index is 13.2. The van der Waals surface area contributed by atoms with Crippen LogP contribution in [0.5, 0.6) is 0 Å². The number of benzene rings is 1. The van der Waals surface area contributed by atoms with Crippen LogP contribution in [-0.2, 0) is 20.0 Å². The number of anilines is 1. The Balaban J connectivity index is 1.97. The molecule has 1 aromatic carbocycles. The van der Waals surface area contributed by atoms with Crippen molar-refractivity contribution in [1.29, 1.82) is 0 Å². The summed E-state index contributed by atoms with van der Waals surface area (Å²) >= 11 is 1.09. The molecule has 2 atom stereocenters. The van der Waals surface area contributed by atoms with Crippen molar-refractivity contribution < 1.29 is 16.8 Å². The standard InChI is InChI=1S/C15H19N9O4S3/c16-8-3-19-4-9(8)24-31(27,28)11-2-1-7(10-5-20-15(17)29-10)12(13(11)30(18,25)26)14-21-6-22-23-14/h1-2,5,8-9,19,24H,3-4,6,16H2,(H2,17,20)(H2,18,25,26)/t8-,9+/m1/s1. The molecular formula is C15H19N9O4S3. The van der Waals surface area contributed by atoms with Crippen LogP contribution in [0.2, 0.25) is 0 Å². The lowest BCUT2D eigenvalue weighted by Crippen LogP contribution is -2.47. The second kappa shape index (κ2) is 7.97. The molecule has 0 radical (unpaired) electrons. The Labute approximate surface area is 182 Å². The number of hydrogen-bond donors (Lipinski definition) is 5. The lowest BCUT2D eigenvalue weighted by atomic mass is 10.1. The molecule has 0 spiro atoms. The number of nitrogens with two attached hydrogens (primary N) is 3. The smallest absolute Gasteiger partial charge is 0.242 e. The third-order valence-corrected chi connectivity index (χ3v) is 8.24. The number of nitrogens with zero attached hydrogens (tertiary/aromatic N) is 4. The number of thiazole rings is 1. The molecule has 0 bridgehead atoms. The van der Waals surface area contributed by atoms with Gasteiger partial charge in [-0.2, -0.15) is 5.11 Å². The number of aromatic nitrogens is 1. The van der Waals surface area contributed by atoms with Crippen LogP contribution in [0.1, 0.15) is 5.56 Å². The minimum atomic E-state index is -4.55. The van der Waals surface area contributed by atoms with E-state index in [9.17, 15) is 16.8 Å². The Morgan fingerprint density at radius 2 is 1.97 bits per heavy atom. The normalized spacial score (nSPS) is 21.5. The minimum absolute atomic E-state index is 0.0263. The van der Waals surface area contributed by atoms with Crippen molar-refractivity contribution in [3.8, 4) is 10.4 Å². The first kappa shape index (κ1) is 21.9. The zero-order chi connectivity index (χ0) is 22.4. The lowest BCUT2D eigenvalue weighted by Gasteiger charge is -2.20. The van der Waals surface area contributed by atoms with E-state index in [2.05, 4.69) is 30.2 Å². The third kappa shape index (κ3) is 4.22. The molecule has 3 heterocycles. The molecule has 16 heteroatoms. The molecule has 1 saturated heterocycles. The first-order chi connectivity index (χ1) is 14.6. The highest BCUT2D eigenvalue weighted by molar-refractivity contribution is 7.92. The fourth-order valence-electron chi connectivity index (χ4n) is 3.35. The molecule has 0 unspecified atom stereocenters. The van der Waals surface area contributed by atoms with Crippen LogP contribution < -0.4 is 26.6 Å². The molecule has 0 amide bonds. The number of rotatable bonds is 6. The summed E-state index contributed by atoms with van der Waals surface area (Å²) in [5.41, 5.74) is 11.9. The van der Waals surface area contributed by atoms with Gasteiger partial charge in [0.05, 0.1) is 16.5 Å². The zero-order valence-corrected chi connectivity index (χ0v) is 18.3. The van der Waals surface area contributed by atoms with E-state index in [1.54, 1.807) is 0 Å². The Morgan fingerprint density at radius 1 is 1.19 bits per heavy atom. The van der Waals surface area contributed by atoms with Crippen molar-refractivity contribution >= 4 is 42.4 Å². The van der Waals surface area contributed by atoms with Crippen molar-refractivity contribution in [2.75, 3.05) is 25.5 Å². The number of primary sulfonamides is 1.